The number of halogens is 1. The summed E-state index contributed by atoms with van der Waals surface area (Å²) in [6.07, 6.45) is 0. The summed E-state index contributed by atoms with van der Waals surface area (Å²) < 4.78 is 19.2. The van der Waals surface area contributed by atoms with Crippen LogP contribution in [0.3, 0.4) is 0 Å². The van der Waals surface area contributed by atoms with Crippen LogP contribution in [0.25, 0.3) is 11.1 Å². The quantitative estimate of drug-likeness (QED) is 0.710. The molecular weight excluding hydrogens is 277 g/mol. The smallest absolute Gasteiger partial charge is 0.123 e. The lowest BCUT2D eigenvalue weighted by Crippen LogP contribution is -1.96. The fraction of sp³-hybridized carbons (Fsp3) is 0.0526. The highest BCUT2D eigenvalue weighted by Gasteiger charge is 2.04. The minimum atomic E-state index is -0.272. The summed E-state index contributed by atoms with van der Waals surface area (Å²) in [5.74, 6) is 0.398. The van der Waals surface area contributed by atoms with Crippen LogP contribution in [0.1, 0.15) is 5.56 Å². The largest absolute Gasteiger partial charge is 0.489 e. The fourth-order valence-corrected chi connectivity index (χ4v) is 2.28. The van der Waals surface area contributed by atoms with E-state index in [1.165, 1.54) is 12.1 Å². The lowest BCUT2D eigenvalue weighted by molar-refractivity contribution is 0.306. The Morgan fingerprint density at radius 2 is 1.64 bits per heavy atom. The third kappa shape index (κ3) is 3.44. The van der Waals surface area contributed by atoms with Gasteiger partial charge in [-0.2, -0.15) is 0 Å². The molecule has 0 bridgehead atoms. The first kappa shape index (κ1) is 14.1. The zero-order chi connectivity index (χ0) is 15.4. The van der Waals surface area contributed by atoms with E-state index in [0.717, 1.165) is 16.7 Å². The number of nitrogens with two attached hydrogens (primary N) is 1. The van der Waals surface area contributed by atoms with Gasteiger partial charge in [0.25, 0.3) is 0 Å². The van der Waals surface area contributed by atoms with Crippen LogP contribution in [0.5, 0.6) is 5.75 Å². The maximum atomic E-state index is 13.4. The maximum Gasteiger partial charge on any atom is 0.123 e. The van der Waals surface area contributed by atoms with Crippen molar-refractivity contribution in [1.82, 2.24) is 0 Å². The van der Waals surface area contributed by atoms with Crippen molar-refractivity contribution in [3.63, 3.8) is 0 Å². The molecule has 2 N–H and O–H groups in total. The molecule has 0 aliphatic carbocycles. The average Bonchev–Trinajstić information content (AvgIpc) is 2.53. The van der Waals surface area contributed by atoms with Crippen molar-refractivity contribution in [3.05, 3.63) is 84.2 Å². The fourth-order valence-electron chi connectivity index (χ4n) is 2.28. The highest BCUT2D eigenvalue weighted by Crippen LogP contribution is 2.28. The second-order valence-electron chi connectivity index (χ2n) is 5.08. The van der Waals surface area contributed by atoms with Crippen molar-refractivity contribution in [2.75, 3.05) is 5.73 Å². The number of hydrogen-bond acceptors (Lipinski definition) is 2. The van der Waals surface area contributed by atoms with Crippen LogP contribution in [0.4, 0.5) is 10.1 Å². The van der Waals surface area contributed by atoms with Crippen LogP contribution in [0, 0.1) is 5.82 Å². The molecule has 3 aromatic rings. The van der Waals surface area contributed by atoms with Gasteiger partial charge in [0.15, 0.2) is 0 Å². The molecule has 0 radical (unpaired) electrons. The molecule has 0 spiro atoms. The first-order valence-electron chi connectivity index (χ1n) is 7.04. The van der Waals surface area contributed by atoms with Gasteiger partial charge in [0, 0.05) is 11.8 Å². The highest BCUT2D eigenvalue weighted by atomic mass is 19.1. The molecule has 0 aromatic heterocycles. The van der Waals surface area contributed by atoms with E-state index in [-0.39, 0.29) is 5.82 Å². The van der Waals surface area contributed by atoms with Crippen LogP contribution < -0.4 is 10.5 Å². The molecule has 110 valence electrons. The Labute approximate surface area is 129 Å². The summed E-state index contributed by atoms with van der Waals surface area (Å²) in [6, 6.07) is 21.8. The monoisotopic (exact) mass is 293 g/mol. The van der Waals surface area contributed by atoms with Crippen LogP contribution in [-0.4, -0.2) is 0 Å². The van der Waals surface area contributed by atoms with Gasteiger partial charge < -0.3 is 10.5 Å². The molecule has 2 nitrogen and oxygen atoms in total. The summed E-state index contributed by atoms with van der Waals surface area (Å²) >= 11 is 0. The molecule has 0 saturated carbocycles. The van der Waals surface area contributed by atoms with Gasteiger partial charge in [0.1, 0.15) is 18.2 Å². The predicted molar refractivity (Wildman–Crippen MR) is 87.0 cm³/mol. The van der Waals surface area contributed by atoms with Crippen molar-refractivity contribution >= 4 is 5.69 Å². The number of anilines is 1. The average molecular weight is 293 g/mol. The van der Waals surface area contributed by atoms with Crippen LogP contribution in [0.15, 0.2) is 72.8 Å². The van der Waals surface area contributed by atoms with Crippen molar-refractivity contribution in [3.8, 4) is 16.9 Å². The van der Waals surface area contributed by atoms with Gasteiger partial charge in [0.2, 0.25) is 0 Å². The molecular formula is C19H16FNO. The minimum Gasteiger partial charge on any atom is -0.489 e. The van der Waals surface area contributed by atoms with Crippen LogP contribution >= 0.6 is 0 Å². The van der Waals surface area contributed by atoms with Crippen molar-refractivity contribution in [2.45, 2.75) is 6.61 Å². The molecule has 3 rings (SSSR count). The Kier molecular flexibility index (Phi) is 4.05. The summed E-state index contributed by atoms with van der Waals surface area (Å²) in [4.78, 5) is 0. The second kappa shape index (κ2) is 6.31. The lowest BCUT2D eigenvalue weighted by Gasteiger charge is -2.10. The highest BCUT2D eigenvalue weighted by molar-refractivity contribution is 5.69. The van der Waals surface area contributed by atoms with E-state index < -0.39 is 0 Å². The number of ether oxygens (including phenoxy) is 1. The molecule has 0 aliphatic heterocycles. The van der Waals surface area contributed by atoms with Gasteiger partial charge in [-0.05, 0) is 41.0 Å². The summed E-state index contributed by atoms with van der Waals surface area (Å²) in [7, 11) is 0. The van der Waals surface area contributed by atoms with Crippen LogP contribution in [0.2, 0.25) is 0 Å². The Hall–Kier alpha value is -2.81. The van der Waals surface area contributed by atoms with E-state index in [9.17, 15) is 4.39 Å². The molecule has 0 aliphatic rings. The number of nitrogen functional groups attached to an aromatic ring is 1. The molecule has 0 saturated heterocycles. The molecule has 0 unspecified atom stereocenters. The normalized spacial score (nSPS) is 10.4. The first-order chi connectivity index (χ1) is 10.7. The Morgan fingerprint density at radius 1 is 0.818 bits per heavy atom. The third-order valence-electron chi connectivity index (χ3n) is 3.34. The third-order valence-corrected chi connectivity index (χ3v) is 3.34. The molecule has 0 fully saturated rings. The Bertz CT molecular complexity index is 771. The van der Waals surface area contributed by atoms with Gasteiger partial charge in [-0.1, -0.05) is 42.5 Å². The second-order valence-corrected chi connectivity index (χ2v) is 5.08. The van der Waals surface area contributed by atoms with Gasteiger partial charge >= 0.3 is 0 Å². The van der Waals surface area contributed by atoms with Crippen molar-refractivity contribution < 1.29 is 9.13 Å². The van der Waals surface area contributed by atoms with Crippen molar-refractivity contribution in [1.29, 1.82) is 0 Å². The lowest BCUT2D eigenvalue weighted by atomic mass is 10.0. The molecule has 3 aromatic carbocycles. The molecule has 0 atom stereocenters. The van der Waals surface area contributed by atoms with Crippen LogP contribution in [-0.2, 0) is 6.61 Å². The van der Waals surface area contributed by atoms with E-state index in [4.69, 9.17) is 10.5 Å². The Morgan fingerprint density at radius 3 is 2.41 bits per heavy atom. The van der Waals surface area contributed by atoms with Crippen molar-refractivity contribution in [2.24, 2.45) is 0 Å². The van der Waals surface area contributed by atoms with Gasteiger partial charge in [0.05, 0.1) is 0 Å². The van der Waals surface area contributed by atoms with Gasteiger partial charge in [-0.25, -0.2) is 4.39 Å². The zero-order valence-corrected chi connectivity index (χ0v) is 12.0. The summed E-state index contributed by atoms with van der Waals surface area (Å²) in [6.45, 7) is 0.465. The minimum absolute atomic E-state index is 0.272. The van der Waals surface area contributed by atoms with Gasteiger partial charge in [-0.3, -0.25) is 0 Å². The topological polar surface area (TPSA) is 35.2 Å². The predicted octanol–water partition coefficient (Wildman–Crippen LogP) is 4.65. The zero-order valence-electron chi connectivity index (χ0n) is 12.0. The number of rotatable bonds is 4. The van der Waals surface area contributed by atoms with E-state index in [1.54, 1.807) is 12.1 Å². The summed E-state index contributed by atoms with van der Waals surface area (Å²) in [5, 5.41) is 0. The first-order valence-corrected chi connectivity index (χ1v) is 7.04. The SMILES string of the molecule is Nc1cc(OCc2ccccc2)cc(-c2cccc(F)c2)c1. The Balaban J connectivity index is 1.84. The molecule has 0 amide bonds. The molecule has 0 heterocycles. The summed E-state index contributed by atoms with van der Waals surface area (Å²) in [5.41, 5.74) is 9.21. The van der Waals surface area contributed by atoms with Gasteiger partial charge in [-0.15, -0.1) is 0 Å². The van der Waals surface area contributed by atoms with E-state index in [1.807, 2.05) is 48.5 Å². The maximum absolute atomic E-state index is 13.4. The van der Waals surface area contributed by atoms with E-state index in [0.29, 0.717) is 18.0 Å². The number of hydrogen-bond donors (Lipinski definition) is 1. The van der Waals surface area contributed by atoms with E-state index >= 15 is 0 Å². The molecule has 22 heavy (non-hydrogen) atoms. The molecule has 3 heteroatoms. The number of benzene rings is 3. The van der Waals surface area contributed by atoms with E-state index in [2.05, 4.69) is 0 Å². The standard InChI is InChI=1S/C19H16FNO/c20-17-8-4-7-15(9-17)16-10-18(21)12-19(11-16)22-13-14-5-2-1-3-6-14/h1-12H,13,21H2.